The van der Waals surface area contributed by atoms with Crippen molar-refractivity contribution in [1.29, 1.82) is 0 Å². The number of rotatable bonds is 5. The molecule has 0 spiro atoms. The molecule has 6 nitrogen and oxygen atoms in total. The normalized spacial score (nSPS) is 25.4. The second-order valence-corrected chi connectivity index (χ2v) is 5.47. The SMILES string of the molecule is COCCN1CCCN(C(=O)CC2CNCCO2)CC1. The van der Waals surface area contributed by atoms with Crippen LogP contribution in [0.25, 0.3) is 0 Å². The van der Waals surface area contributed by atoms with Crippen molar-refractivity contribution in [2.45, 2.75) is 18.9 Å². The van der Waals surface area contributed by atoms with E-state index in [1.807, 2.05) is 4.90 Å². The third kappa shape index (κ3) is 5.01. The fourth-order valence-electron chi connectivity index (χ4n) is 2.74. The average Bonchev–Trinajstić information content (AvgIpc) is 2.72. The van der Waals surface area contributed by atoms with Crippen LogP contribution < -0.4 is 5.32 Å². The van der Waals surface area contributed by atoms with E-state index < -0.39 is 0 Å². The summed E-state index contributed by atoms with van der Waals surface area (Å²) >= 11 is 0. The molecule has 6 heteroatoms. The summed E-state index contributed by atoms with van der Waals surface area (Å²) in [6.07, 6.45) is 1.59. The van der Waals surface area contributed by atoms with Crippen LogP contribution in [0.4, 0.5) is 0 Å². The molecule has 20 heavy (non-hydrogen) atoms. The van der Waals surface area contributed by atoms with Gasteiger partial charge in [-0.15, -0.1) is 0 Å². The van der Waals surface area contributed by atoms with Gasteiger partial charge in [-0.25, -0.2) is 0 Å². The van der Waals surface area contributed by atoms with E-state index in [1.165, 1.54) is 0 Å². The zero-order valence-corrected chi connectivity index (χ0v) is 12.5. The van der Waals surface area contributed by atoms with Gasteiger partial charge in [-0.05, 0) is 13.0 Å². The summed E-state index contributed by atoms with van der Waals surface area (Å²) in [5.41, 5.74) is 0. The molecule has 2 aliphatic heterocycles. The Morgan fingerprint density at radius 3 is 3.00 bits per heavy atom. The molecule has 1 atom stereocenters. The number of morpholine rings is 1. The molecule has 2 heterocycles. The van der Waals surface area contributed by atoms with Crippen LogP contribution in [0.2, 0.25) is 0 Å². The highest BCUT2D eigenvalue weighted by atomic mass is 16.5. The highest BCUT2D eigenvalue weighted by molar-refractivity contribution is 5.76. The van der Waals surface area contributed by atoms with E-state index in [0.717, 1.165) is 58.8 Å². The molecule has 0 radical (unpaired) electrons. The predicted molar refractivity (Wildman–Crippen MR) is 76.7 cm³/mol. The number of nitrogens with zero attached hydrogens (tertiary/aromatic N) is 2. The first kappa shape index (κ1) is 15.7. The summed E-state index contributed by atoms with van der Waals surface area (Å²) < 4.78 is 10.7. The van der Waals surface area contributed by atoms with Gasteiger partial charge in [0.1, 0.15) is 0 Å². The maximum absolute atomic E-state index is 12.3. The number of methoxy groups -OCH3 is 1. The van der Waals surface area contributed by atoms with Gasteiger partial charge >= 0.3 is 0 Å². The number of ether oxygens (including phenoxy) is 2. The van der Waals surface area contributed by atoms with Crippen LogP contribution >= 0.6 is 0 Å². The van der Waals surface area contributed by atoms with Gasteiger partial charge in [-0.1, -0.05) is 0 Å². The summed E-state index contributed by atoms with van der Waals surface area (Å²) in [4.78, 5) is 16.7. The van der Waals surface area contributed by atoms with E-state index in [-0.39, 0.29) is 12.0 Å². The van der Waals surface area contributed by atoms with E-state index >= 15 is 0 Å². The first-order chi connectivity index (χ1) is 9.79. The third-order valence-electron chi connectivity index (χ3n) is 3.96. The minimum Gasteiger partial charge on any atom is -0.383 e. The second kappa shape index (κ2) is 8.56. The topological polar surface area (TPSA) is 54.0 Å². The largest absolute Gasteiger partial charge is 0.383 e. The van der Waals surface area contributed by atoms with Crippen LogP contribution in [-0.2, 0) is 14.3 Å². The monoisotopic (exact) mass is 285 g/mol. The lowest BCUT2D eigenvalue weighted by atomic mass is 10.2. The second-order valence-electron chi connectivity index (χ2n) is 5.47. The van der Waals surface area contributed by atoms with Gasteiger partial charge in [-0.3, -0.25) is 9.69 Å². The van der Waals surface area contributed by atoms with E-state index in [0.29, 0.717) is 13.0 Å². The standard InChI is InChI=1S/C14H27N3O3/c1-19-10-8-16-4-2-5-17(7-6-16)14(18)11-13-12-15-3-9-20-13/h13,15H,2-12H2,1H3. The number of carbonyl (C=O) groups is 1. The minimum absolute atomic E-state index is 0.0455. The highest BCUT2D eigenvalue weighted by Crippen LogP contribution is 2.09. The molecule has 0 aliphatic carbocycles. The lowest BCUT2D eigenvalue weighted by Gasteiger charge is -2.27. The van der Waals surface area contributed by atoms with Crippen molar-refractivity contribution < 1.29 is 14.3 Å². The van der Waals surface area contributed by atoms with Crippen molar-refractivity contribution in [1.82, 2.24) is 15.1 Å². The lowest BCUT2D eigenvalue weighted by Crippen LogP contribution is -2.43. The Kier molecular flexibility index (Phi) is 6.72. The van der Waals surface area contributed by atoms with Gasteiger partial charge in [-0.2, -0.15) is 0 Å². The molecule has 2 aliphatic rings. The van der Waals surface area contributed by atoms with Gasteiger partial charge in [0.15, 0.2) is 0 Å². The van der Waals surface area contributed by atoms with Crippen LogP contribution in [-0.4, -0.2) is 87.9 Å². The molecule has 0 aromatic carbocycles. The summed E-state index contributed by atoms with van der Waals surface area (Å²) in [6, 6.07) is 0. The maximum atomic E-state index is 12.3. The Balaban J connectivity index is 1.72. The number of amides is 1. The molecule has 2 saturated heterocycles. The van der Waals surface area contributed by atoms with Crippen LogP contribution in [0.5, 0.6) is 0 Å². The first-order valence-corrected chi connectivity index (χ1v) is 7.61. The van der Waals surface area contributed by atoms with Crippen molar-refractivity contribution in [2.75, 3.05) is 66.1 Å². The van der Waals surface area contributed by atoms with E-state index in [2.05, 4.69) is 10.2 Å². The third-order valence-corrected chi connectivity index (χ3v) is 3.96. The van der Waals surface area contributed by atoms with Crippen molar-refractivity contribution in [2.24, 2.45) is 0 Å². The van der Waals surface area contributed by atoms with Gasteiger partial charge in [0.25, 0.3) is 0 Å². The maximum Gasteiger partial charge on any atom is 0.225 e. The van der Waals surface area contributed by atoms with Crippen molar-refractivity contribution in [3.05, 3.63) is 0 Å². The van der Waals surface area contributed by atoms with Gasteiger partial charge in [0.2, 0.25) is 5.91 Å². The Morgan fingerprint density at radius 1 is 1.35 bits per heavy atom. The highest BCUT2D eigenvalue weighted by Gasteiger charge is 2.23. The Labute approximate surface area is 121 Å². The molecule has 0 saturated carbocycles. The van der Waals surface area contributed by atoms with Crippen LogP contribution in [0.15, 0.2) is 0 Å². The van der Waals surface area contributed by atoms with Crippen LogP contribution in [0, 0.1) is 0 Å². The number of nitrogens with one attached hydrogen (secondary N) is 1. The summed E-state index contributed by atoms with van der Waals surface area (Å²) in [5, 5.41) is 3.27. The zero-order chi connectivity index (χ0) is 14.2. The first-order valence-electron chi connectivity index (χ1n) is 7.61. The minimum atomic E-state index is 0.0455. The summed E-state index contributed by atoms with van der Waals surface area (Å²) in [7, 11) is 1.73. The molecule has 2 fully saturated rings. The van der Waals surface area contributed by atoms with Crippen LogP contribution in [0.3, 0.4) is 0 Å². The Morgan fingerprint density at radius 2 is 2.25 bits per heavy atom. The molecule has 0 bridgehead atoms. The van der Waals surface area contributed by atoms with Crippen molar-refractivity contribution in [3.63, 3.8) is 0 Å². The molecule has 116 valence electrons. The molecular weight excluding hydrogens is 258 g/mol. The molecule has 1 N–H and O–H groups in total. The smallest absolute Gasteiger partial charge is 0.225 e. The zero-order valence-electron chi connectivity index (χ0n) is 12.5. The van der Waals surface area contributed by atoms with Crippen molar-refractivity contribution in [3.8, 4) is 0 Å². The summed E-state index contributed by atoms with van der Waals surface area (Å²) in [6.45, 7) is 7.79. The predicted octanol–water partition coefficient (Wildman–Crippen LogP) is -0.454. The molecule has 1 amide bonds. The fraction of sp³-hybridized carbons (Fsp3) is 0.929. The van der Waals surface area contributed by atoms with Gasteiger partial charge in [0.05, 0.1) is 25.7 Å². The molecule has 0 aromatic rings. The number of hydrogen-bond donors (Lipinski definition) is 1. The fourth-order valence-corrected chi connectivity index (χ4v) is 2.74. The Bertz CT molecular complexity index is 295. The molecule has 2 rings (SSSR count). The quantitative estimate of drug-likeness (QED) is 0.741. The van der Waals surface area contributed by atoms with E-state index in [9.17, 15) is 4.79 Å². The Hall–Kier alpha value is -0.690. The number of hydrogen-bond acceptors (Lipinski definition) is 5. The molecule has 1 unspecified atom stereocenters. The van der Waals surface area contributed by atoms with Crippen molar-refractivity contribution >= 4 is 5.91 Å². The lowest BCUT2D eigenvalue weighted by molar-refractivity contribution is -0.134. The molecular formula is C14H27N3O3. The van der Waals surface area contributed by atoms with Gasteiger partial charge < -0.3 is 19.7 Å². The van der Waals surface area contributed by atoms with E-state index in [4.69, 9.17) is 9.47 Å². The van der Waals surface area contributed by atoms with Gasteiger partial charge in [0, 0.05) is 46.4 Å². The average molecular weight is 285 g/mol. The van der Waals surface area contributed by atoms with E-state index in [1.54, 1.807) is 7.11 Å². The van der Waals surface area contributed by atoms with Crippen LogP contribution in [0.1, 0.15) is 12.8 Å². The summed E-state index contributed by atoms with van der Waals surface area (Å²) in [5.74, 6) is 0.229. The molecule has 0 aromatic heterocycles. The number of carbonyl (C=O) groups excluding carboxylic acids is 1.